The van der Waals surface area contributed by atoms with Gasteiger partial charge in [0.05, 0.1) is 23.3 Å². The maximum absolute atomic E-state index is 12.6. The molecule has 32 heavy (non-hydrogen) atoms. The fraction of sp³-hybridized carbons (Fsp3) is 0.217. The summed E-state index contributed by atoms with van der Waals surface area (Å²) in [4.78, 5) is 24.6. The molecule has 0 fully saturated rings. The van der Waals surface area contributed by atoms with Crippen molar-refractivity contribution in [1.82, 2.24) is 4.72 Å². The summed E-state index contributed by atoms with van der Waals surface area (Å²) in [6, 6.07) is 14.8. The molecule has 0 spiro atoms. The Morgan fingerprint density at radius 1 is 1.06 bits per heavy atom. The van der Waals surface area contributed by atoms with E-state index >= 15 is 0 Å². The Kier molecular flexibility index (Phi) is 7.45. The number of rotatable bonds is 9. The van der Waals surface area contributed by atoms with Crippen molar-refractivity contribution in [3.8, 4) is 0 Å². The first-order valence-electron chi connectivity index (χ1n) is 9.97. The minimum absolute atomic E-state index is 0.0254. The zero-order valence-corrected chi connectivity index (χ0v) is 18.6. The largest absolute Gasteiger partial charge is 0.468 e. The lowest BCUT2D eigenvalue weighted by atomic mass is 10.1. The predicted molar refractivity (Wildman–Crippen MR) is 119 cm³/mol. The molecule has 0 atom stereocenters. The molecule has 0 aliphatic heterocycles. The number of sulfonamides is 1. The molecule has 0 aliphatic carbocycles. The van der Waals surface area contributed by atoms with Crippen molar-refractivity contribution < 1.29 is 27.2 Å². The summed E-state index contributed by atoms with van der Waals surface area (Å²) in [6.45, 7) is 3.14. The Labute approximate surface area is 186 Å². The summed E-state index contributed by atoms with van der Waals surface area (Å²) in [6.07, 6.45) is 2.27. The number of esters is 1. The molecule has 2 aromatic carbocycles. The van der Waals surface area contributed by atoms with Crippen LogP contribution in [-0.2, 0) is 32.5 Å². The molecular weight excluding hydrogens is 432 g/mol. The van der Waals surface area contributed by atoms with Gasteiger partial charge in [-0.15, -0.1) is 0 Å². The Morgan fingerprint density at radius 3 is 2.59 bits per heavy atom. The van der Waals surface area contributed by atoms with Crippen molar-refractivity contribution in [2.24, 2.45) is 0 Å². The molecule has 9 heteroatoms. The highest BCUT2D eigenvalue weighted by atomic mass is 32.2. The van der Waals surface area contributed by atoms with E-state index in [1.807, 2.05) is 25.1 Å². The van der Waals surface area contributed by atoms with Crippen molar-refractivity contribution in [1.29, 1.82) is 0 Å². The van der Waals surface area contributed by atoms with Gasteiger partial charge in [-0.3, -0.25) is 4.79 Å². The second-order valence-corrected chi connectivity index (χ2v) is 8.83. The highest BCUT2D eigenvalue weighted by Crippen LogP contribution is 2.17. The van der Waals surface area contributed by atoms with Crippen LogP contribution in [0.3, 0.4) is 0 Å². The van der Waals surface area contributed by atoms with Crippen LogP contribution in [0.5, 0.6) is 0 Å². The molecular formula is C23H24N2O6S. The van der Waals surface area contributed by atoms with Crippen molar-refractivity contribution in [2.45, 2.75) is 31.7 Å². The van der Waals surface area contributed by atoms with Crippen LogP contribution >= 0.6 is 0 Å². The third-order valence-corrected chi connectivity index (χ3v) is 6.11. The second-order valence-electron chi connectivity index (χ2n) is 7.06. The lowest BCUT2D eigenvalue weighted by molar-refractivity contribution is -0.119. The van der Waals surface area contributed by atoms with Gasteiger partial charge in [-0.25, -0.2) is 17.9 Å². The topological polar surface area (TPSA) is 115 Å². The SMILES string of the molecule is CCc1cccc(NC(=O)COC(=O)c2cc(S(=O)(=O)NCc3ccco3)ccc2C)c1. The Hall–Kier alpha value is -3.43. The van der Waals surface area contributed by atoms with E-state index in [1.165, 1.54) is 24.5 Å². The molecule has 1 amide bonds. The minimum atomic E-state index is -3.88. The number of hydrogen-bond donors (Lipinski definition) is 2. The predicted octanol–water partition coefficient (Wildman–Crippen LogP) is 3.42. The fourth-order valence-corrected chi connectivity index (χ4v) is 3.94. The van der Waals surface area contributed by atoms with Crippen LogP contribution in [0.15, 0.2) is 70.2 Å². The van der Waals surface area contributed by atoms with Gasteiger partial charge in [-0.1, -0.05) is 25.1 Å². The van der Waals surface area contributed by atoms with Gasteiger partial charge >= 0.3 is 5.97 Å². The van der Waals surface area contributed by atoms with Gasteiger partial charge in [0.2, 0.25) is 10.0 Å². The van der Waals surface area contributed by atoms with Crippen LogP contribution in [0.1, 0.15) is 34.2 Å². The monoisotopic (exact) mass is 456 g/mol. The Morgan fingerprint density at radius 2 is 1.88 bits per heavy atom. The van der Waals surface area contributed by atoms with Crippen LogP contribution < -0.4 is 10.0 Å². The van der Waals surface area contributed by atoms with Crippen molar-refractivity contribution in [2.75, 3.05) is 11.9 Å². The summed E-state index contributed by atoms with van der Waals surface area (Å²) in [7, 11) is -3.88. The number of hydrogen-bond acceptors (Lipinski definition) is 6. The number of furan rings is 1. The lowest BCUT2D eigenvalue weighted by Crippen LogP contribution is -2.24. The van der Waals surface area contributed by atoms with Gasteiger partial charge in [-0.2, -0.15) is 0 Å². The first-order chi connectivity index (χ1) is 15.3. The standard InChI is InChI=1S/C23H24N2O6S/c1-3-17-6-4-7-18(12-17)25-22(26)15-31-23(27)21-13-20(10-9-16(21)2)32(28,29)24-14-19-8-5-11-30-19/h4-13,24H,3,14-15H2,1-2H3,(H,25,26). The number of amides is 1. The molecule has 0 bridgehead atoms. The molecule has 2 N–H and O–H groups in total. The summed E-state index contributed by atoms with van der Waals surface area (Å²) in [5.74, 6) is -0.827. The minimum Gasteiger partial charge on any atom is -0.468 e. The van der Waals surface area contributed by atoms with Crippen LogP contribution in [0.25, 0.3) is 0 Å². The van der Waals surface area contributed by atoms with Crippen LogP contribution in [-0.4, -0.2) is 26.9 Å². The molecule has 8 nitrogen and oxygen atoms in total. The van der Waals surface area contributed by atoms with Crippen LogP contribution in [0.2, 0.25) is 0 Å². The average molecular weight is 457 g/mol. The quantitative estimate of drug-likeness (QED) is 0.477. The number of ether oxygens (including phenoxy) is 1. The molecule has 0 aliphatic rings. The number of carbonyl (C=O) groups excluding carboxylic acids is 2. The maximum Gasteiger partial charge on any atom is 0.338 e. The molecule has 0 radical (unpaired) electrons. The first-order valence-corrected chi connectivity index (χ1v) is 11.5. The Bertz CT molecular complexity index is 1200. The van der Waals surface area contributed by atoms with Crippen molar-refractivity contribution in [3.63, 3.8) is 0 Å². The van der Waals surface area contributed by atoms with Crippen molar-refractivity contribution >= 4 is 27.6 Å². The molecule has 3 rings (SSSR count). The van der Waals surface area contributed by atoms with Gasteiger partial charge in [0.1, 0.15) is 5.76 Å². The van der Waals surface area contributed by atoms with E-state index in [4.69, 9.17) is 9.15 Å². The Balaban J connectivity index is 1.63. The molecule has 3 aromatic rings. The maximum atomic E-state index is 12.6. The molecule has 0 saturated carbocycles. The molecule has 0 saturated heterocycles. The van der Waals surface area contributed by atoms with Crippen LogP contribution in [0, 0.1) is 6.92 Å². The van der Waals surface area contributed by atoms with E-state index < -0.39 is 28.5 Å². The molecule has 1 heterocycles. The highest BCUT2D eigenvalue weighted by molar-refractivity contribution is 7.89. The van der Waals surface area contributed by atoms with E-state index in [9.17, 15) is 18.0 Å². The average Bonchev–Trinajstić information content (AvgIpc) is 3.30. The van der Waals surface area contributed by atoms with Gasteiger partial charge in [0.15, 0.2) is 6.61 Å². The van der Waals surface area contributed by atoms with Gasteiger partial charge in [0, 0.05) is 5.69 Å². The van der Waals surface area contributed by atoms with Gasteiger partial charge in [-0.05, 0) is 60.9 Å². The summed E-state index contributed by atoms with van der Waals surface area (Å²) >= 11 is 0. The van der Waals surface area contributed by atoms with Crippen LogP contribution in [0.4, 0.5) is 5.69 Å². The van der Waals surface area contributed by atoms with E-state index in [0.29, 0.717) is 17.0 Å². The number of carbonyl (C=O) groups is 2. The normalized spacial score (nSPS) is 11.2. The smallest absolute Gasteiger partial charge is 0.338 e. The van der Waals surface area contributed by atoms with E-state index in [2.05, 4.69) is 10.0 Å². The lowest BCUT2D eigenvalue weighted by Gasteiger charge is -2.11. The van der Waals surface area contributed by atoms with E-state index in [1.54, 1.807) is 25.1 Å². The van der Waals surface area contributed by atoms with E-state index in [-0.39, 0.29) is 17.0 Å². The summed E-state index contributed by atoms with van der Waals surface area (Å²) in [5, 5.41) is 2.67. The first kappa shape index (κ1) is 23.2. The molecule has 1 aromatic heterocycles. The number of benzene rings is 2. The zero-order chi connectivity index (χ0) is 23.1. The zero-order valence-electron chi connectivity index (χ0n) is 17.8. The third-order valence-electron chi connectivity index (χ3n) is 4.71. The van der Waals surface area contributed by atoms with Gasteiger partial charge < -0.3 is 14.5 Å². The second kappa shape index (κ2) is 10.3. The number of aryl methyl sites for hydroxylation is 2. The van der Waals surface area contributed by atoms with Crippen molar-refractivity contribution in [3.05, 3.63) is 83.3 Å². The summed E-state index contributed by atoms with van der Waals surface area (Å²) < 4.78 is 37.8. The number of anilines is 1. The number of nitrogens with one attached hydrogen (secondary N) is 2. The summed E-state index contributed by atoms with van der Waals surface area (Å²) in [5.41, 5.74) is 2.26. The van der Waals surface area contributed by atoms with E-state index in [0.717, 1.165) is 12.0 Å². The third kappa shape index (κ3) is 6.05. The fourth-order valence-electron chi connectivity index (χ4n) is 2.93. The molecule has 0 unspecified atom stereocenters. The highest BCUT2D eigenvalue weighted by Gasteiger charge is 2.20. The van der Waals surface area contributed by atoms with Gasteiger partial charge in [0.25, 0.3) is 5.91 Å². The molecule has 168 valence electrons.